The number of rotatable bonds is 1. The maximum atomic E-state index is 12.8. The van der Waals surface area contributed by atoms with E-state index in [2.05, 4.69) is 4.98 Å². The van der Waals surface area contributed by atoms with Crippen LogP contribution in [-0.4, -0.2) is 15.7 Å². The number of imidazole rings is 1. The Kier molecular flexibility index (Phi) is 2.48. The normalized spacial score (nSPS) is 15.9. The lowest BCUT2D eigenvalue weighted by Gasteiger charge is -2.11. The Labute approximate surface area is 104 Å². The van der Waals surface area contributed by atoms with Crippen LogP contribution in [0.15, 0.2) is 0 Å². The maximum Gasteiger partial charge on any atom is 0.435 e. The van der Waals surface area contributed by atoms with Crippen LogP contribution in [0.25, 0.3) is 4.96 Å². The summed E-state index contributed by atoms with van der Waals surface area (Å²) in [5.74, 6) is 0. The Morgan fingerprint density at radius 1 is 1.28 bits per heavy atom. The molecule has 0 radical (unpaired) electrons. The second kappa shape index (κ2) is 3.81. The number of nitrogens with zero attached hydrogens (tertiary/aromatic N) is 2. The van der Waals surface area contributed by atoms with E-state index in [0.717, 1.165) is 29.8 Å². The fourth-order valence-electron chi connectivity index (χ4n) is 2.38. The molecule has 0 unspecified atom stereocenters. The van der Waals surface area contributed by atoms with Crippen LogP contribution in [0.3, 0.4) is 0 Å². The van der Waals surface area contributed by atoms with E-state index in [1.54, 1.807) is 0 Å². The van der Waals surface area contributed by atoms with Crippen LogP contribution in [0.1, 0.15) is 39.6 Å². The molecule has 18 heavy (non-hydrogen) atoms. The number of halogens is 3. The quantitative estimate of drug-likeness (QED) is 0.749. The predicted octanol–water partition coefficient (Wildman–Crippen LogP) is 3.11. The second-order valence-electron chi connectivity index (χ2n) is 4.26. The zero-order valence-electron chi connectivity index (χ0n) is 9.25. The summed E-state index contributed by atoms with van der Waals surface area (Å²) in [5, 5.41) is 0. The summed E-state index contributed by atoms with van der Waals surface area (Å²) >= 11 is 1.26. The number of alkyl halides is 3. The summed E-state index contributed by atoms with van der Waals surface area (Å²) in [5.41, 5.74) is -0.611. The molecule has 0 N–H and O–H groups in total. The van der Waals surface area contributed by atoms with Crippen LogP contribution < -0.4 is 0 Å². The lowest BCUT2D eigenvalue weighted by Crippen LogP contribution is -2.11. The van der Waals surface area contributed by atoms with E-state index in [4.69, 9.17) is 0 Å². The van der Waals surface area contributed by atoms with Crippen molar-refractivity contribution in [3.05, 3.63) is 22.0 Å². The lowest BCUT2D eigenvalue weighted by atomic mass is 10.0. The zero-order valence-corrected chi connectivity index (χ0v) is 10.1. The van der Waals surface area contributed by atoms with Gasteiger partial charge in [0.05, 0.1) is 0 Å². The molecule has 7 heteroatoms. The number of thiazole rings is 1. The van der Waals surface area contributed by atoms with E-state index in [9.17, 15) is 18.0 Å². The molecule has 0 bridgehead atoms. The highest BCUT2D eigenvalue weighted by atomic mass is 32.1. The molecule has 3 rings (SSSR count). The SMILES string of the molecule is O=Cc1c(C(F)(F)F)nc2sc3c(n12)CCCC3. The number of hydrogen-bond donors (Lipinski definition) is 0. The van der Waals surface area contributed by atoms with Crippen LogP contribution in [-0.2, 0) is 19.0 Å². The predicted molar refractivity (Wildman–Crippen MR) is 60.1 cm³/mol. The van der Waals surface area contributed by atoms with E-state index in [0.29, 0.717) is 6.42 Å². The Morgan fingerprint density at radius 2 is 2.00 bits per heavy atom. The molecule has 0 fully saturated rings. The summed E-state index contributed by atoms with van der Waals surface area (Å²) in [4.78, 5) is 15.9. The first-order valence-corrected chi connectivity index (χ1v) is 6.39. The van der Waals surface area contributed by atoms with Crippen molar-refractivity contribution in [3.8, 4) is 0 Å². The maximum absolute atomic E-state index is 12.8. The molecule has 96 valence electrons. The molecule has 0 saturated carbocycles. The highest BCUT2D eigenvalue weighted by molar-refractivity contribution is 7.17. The molecule has 0 aromatic carbocycles. The van der Waals surface area contributed by atoms with Gasteiger partial charge < -0.3 is 0 Å². The third-order valence-electron chi connectivity index (χ3n) is 3.14. The van der Waals surface area contributed by atoms with Crippen molar-refractivity contribution >= 4 is 22.6 Å². The number of carbonyl (C=O) groups is 1. The molecule has 0 spiro atoms. The van der Waals surface area contributed by atoms with Crippen molar-refractivity contribution < 1.29 is 18.0 Å². The monoisotopic (exact) mass is 274 g/mol. The number of carbonyl (C=O) groups excluding carboxylic acids is 1. The molecule has 0 aliphatic heterocycles. The van der Waals surface area contributed by atoms with Crippen molar-refractivity contribution in [2.24, 2.45) is 0 Å². The van der Waals surface area contributed by atoms with Gasteiger partial charge in [0.2, 0.25) is 0 Å². The molecular weight excluding hydrogens is 265 g/mol. The number of fused-ring (bicyclic) bond motifs is 3. The van der Waals surface area contributed by atoms with E-state index in [1.165, 1.54) is 15.7 Å². The standard InChI is InChI=1S/C11H9F3N2OS/c12-11(13,14)9-7(5-17)16-6-3-1-2-4-8(6)18-10(16)15-9/h5H,1-4H2. The zero-order chi connectivity index (χ0) is 12.9. The molecule has 0 atom stereocenters. The molecule has 1 aliphatic carbocycles. The number of aryl methyl sites for hydroxylation is 2. The average Bonchev–Trinajstić information content (AvgIpc) is 2.82. The number of aromatic nitrogens is 2. The molecule has 3 nitrogen and oxygen atoms in total. The molecule has 0 amide bonds. The Morgan fingerprint density at radius 3 is 2.67 bits per heavy atom. The Bertz CT molecular complexity index is 626. The summed E-state index contributed by atoms with van der Waals surface area (Å²) in [7, 11) is 0. The van der Waals surface area contributed by atoms with Crippen LogP contribution in [0, 0.1) is 0 Å². The molecule has 2 aromatic rings. The van der Waals surface area contributed by atoms with Gasteiger partial charge in [-0.15, -0.1) is 11.3 Å². The summed E-state index contributed by atoms with van der Waals surface area (Å²) < 4.78 is 39.6. The summed E-state index contributed by atoms with van der Waals surface area (Å²) in [6.07, 6.45) is -0.767. The average molecular weight is 274 g/mol. The van der Waals surface area contributed by atoms with Gasteiger partial charge in [0.25, 0.3) is 0 Å². The van der Waals surface area contributed by atoms with Gasteiger partial charge in [0.1, 0.15) is 5.69 Å². The van der Waals surface area contributed by atoms with Crippen molar-refractivity contribution in [3.63, 3.8) is 0 Å². The minimum absolute atomic E-state index is 0.254. The Balaban J connectivity index is 2.31. The molecule has 0 saturated heterocycles. The highest BCUT2D eigenvalue weighted by Crippen LogP contribution is 2.36. The van der Waals surface area contributed by atoms with Gasteiger partial charge in [-0.25, -0.2) is 4.98 Å². The Hall–Kier alpha value is -1.37. The number of aldehydes is 1. The van der Waals surface area contributed by atoms with Crippen LogP contribution in [0.5, 0.6) is 0 Å². The van der Waals surface area contributed by atoms with Crippen LogP contribution in [0.2, 0.25) is 0 Å². The first-order valence-electron chi connectivity index (χ1n) is 5.57. The largest absolute Gasteiger partial charge is 0.435 e. The summed E-state index contributed by atoms with van der Waals surface area (Å²) in [6.45, 7) is 0. The van der Waals surface area contributed by atoms with Crippen molar-refractivity contribution in [1.82, 2.24) is 9.38 Å². The van der Waals surface area contributed by atoms with Crippen LogP contribution in [0.4, 0.5) is 13.2 Å². The van der Waals surface area contributed by atoms with Gasteiger partial charge in [-0.05, 0) is 25.7 Å². The van der Waals surface area contributed by atoms with Gasteiger partial charge in [-0.2, -0.15) is 13.2 Å². The first-order chi connectivity index (χ1) is 8.52. The number of hydrogen-bond acceptors (Lipinski definition) is 3. The molecule has 2 aromatic heterocycles. The fourth-order valence-corrected chi connectivity index (χ4v) is 3.59. The van der Waals surface area contributed by atoms with E-state index < -0.39 is 11.9 Å². The minimum Gasteiger partial charge on any atom is -0.296 e. The van der Waals surface area contributed by atoms with Crippen molar-refractivity contribution in [2.45, 2.75) is 31.9 Å². The lowest BCUT2D eigenvalue weighted by molar-refractivity contribution is -0.141. The third-order valence-corrected chi connectivity index (χ3v) is 4.28. The van der Waals surface area contributed by atoms with Crippen molar-refractivity contribution in [2.75, 3.05) is 0 Å². The third kappa shape index (κ3) is 1.57. The molecule has 2 heterocycles. The second-order valence-corrected chi connectivity index (χ2v) is 5.32. The van der Waals surface area contributed by atoms with Crippen molar-refractivity contribution in [1.29, 1.82) is 0 Å². The van der Waals surface area contributed by atoms with E-state index in [-0.39, 0.29) is 16.9 Å². The molecule has 1 aliphatic rings. The van der Waals surface area contributed by atoms with Crippen LogP contribution >= 0.6 is 11.3 Å². The van der Waals surface area contributed by atoms with E-state index in [1.807, 2.05) is 0 Å². The highest BCUT2D eigenvalue weighted by Gasteiger charge is 2.39. The van der Waals surface area contributed by atoms with E-state index >= 15 is 0 Å². The van der Waals surface area contributed by atoms with Gasteiger partial charge >= 0.3 is 6.18 Å². The first kappa shape index (κ1) is 11.7. The summed E-state index contributed by atoms with van der Waals surface area (Å²) in [6, 6.07) is 0. The molecular formula is C11H9F3N2OS. The minimum atomic E-state index is -4.58. The topological polar surface area (TPSA) is 34.4 Å². The smallest absolute Gasteiger partial charge is 0.296 e. The van der Waals surface area contributed by atoms with Gasteiger partial charge in [-0.1, -0.05) is 0 Å². The van der Waals surface area contributed by atoms with Gasteiger partial charge in [-0.3, -0.25) is 9.20 Å². The van der Waals surface area contributed by atoms with Gasteiger partial charge in [0.15, 0.2) is 16.9 Å². The fraction of sp³-hybridized carbons (Fsp3) is 0.455. The van der Waals surface area contributed by atoms with Gasteiger partial charge in [0, 0.05) is 10.6 Å².